The number of likely N-dealkylation sites (tertiary alicyclic amines) is 1. The third-order valence-corrected chi connectivity index (χ3v) is 7.17. The maximum absolute atomic E-state index is 13.8. The summed E-state index contributed by atoms with van der Waals surface area (Å²) in [6, 6.07) is 16.9. The van der Waals surface area contributed by atoms with E-state index in [2.05, 4.69) is 10.4 Å². The monoisotopic (exact) mass is 564 g/mol. The highest BCUT2D eigenvalue weighted by atomic mass is 35.5. The van der Waals surface area contributed by atoms with E-state index in [0.717, 1.165) is 25.9 Å². The molecule has 1 saturated heterocycles. The van der Waals surface area contributed by atoms with Gasteiger partial charge in [-0.2, -0.15) is 9.78 Å². The van der Waals surface area contributed by atoms with Crippen LogP contribution in [0.5, 0.6) is 23.0 Å². The van der Waals surface area contributed by atoms with E-state index in [9.17, 15) is 9.59 Å². The Bertz CT molecular complexity index is 1640. The molecule has 0 saturated carbocycles. The molecule has 2 aliphatic rings. The number of amides is 1. The molecule has 3 aromatic carbocycles. The number of ether oxygens (including phenoxy) is 3. The predicted molar refractivity (Wildman–Crippen MR) is 147 cm³/mol. The predicted octanol–water partition coefficient (Wildman–Crippen LogP) is 6.04. The topological polar surface area (TPSA) is 94.9 Å². The third kappa shape index (κ3) is 5.10. The molecule has 1 aromatic heterocycles. The lowest BCUT2D eigenvalue weighted by atomic mass is 10.1. The van der Waals surface area contributed by atoms with E-state index in [1.165, 1.54) is 10.9 Å². The van der Waals surface area contributed by atoms with Crippen molar-refractivity contribution in [2.24, 2.45) is 0 Å². The molecule has 0 spiro atoms. The SMILES string of the molecule is O=C(c1cccc(Nc2c(Oc3ccc4c(c3)OCO4)cnn(-c3ccc(Cl)c(Cl)c3)c2=O)c1)N1CCCC1. The van der Waals surface area contributed by atoms with E-state index in [1.54, 1.807) is 60.7 Å². The number of nitrogens with zero attached hydrogens (tertiary/aromatic N) is 3. The summed E-state index contributed by atoms with van der Waals surface area (Å²) < 4.78 is 18.1. The Morgan fingerprint density at radius 3 is 2.59 bits per heavy atom. The summed E-state index contributed by atoms with van der Waals surface area (Å²) in [5.41, 5.74) is 1.10. The number of benzene rings is 3. The Balaban J connectivity index is 1.39. The highest BCUT2D eigenvalue weighted by molar-refractivity contribution is 6.42. The zero-order valence-electron chi connectivity index (χ0n) is 20.5. The van der Waals surface area contributed by atoms with E-state index in [1.807, 2.05) is 4.90 Å². The second kappa shape index (κ2) is 10.5. The fourth-order valence-electron chi connectivity index (χ4n) is 4.48. The second-order valence-electron chi connectivity index (χ2n) is 9.02. The minimum absolute atomic E-state index is 0.0454. The molecule has 0 radical (unpaired) electrons. The highest BCUT2D eigenvalue weighted by Crippen LogP contribution is 2.38. The van der Waals surface area contributed by atoms with Gasteiger partial charge in [0, 0.05) is 30.4 Å². The van der Waals surface area contributed by atoms with Crippen molar-refractivity contribution in [2.45, 2.75) is 12.8 Å². The lowest BCUT2D eigenvalue weighted by Crippen LogP contribution is -2.27. The zero-order valence-corrected chi connectivity index (χ0v) is 22.0. The molecule has 4 aromatic rings. The molecule has 9 nitrogen and oxygen atoms in total. The Morgan fingerprint density at radius 1 is 0.949 bits per heavy atom. The molecule has 6 rings (SSSR count). The quantitative estimate of drug-likeness (QED) is 0.305. The minimum atomic E-state index is -0.497. The Morgan fingerprint density at radius 2 is 1.77 bits per heavy atom. The maximum atomic E-state index is 13.8. The van der Waals surface area contributed by atoms with E-state index >= 15 is 0 Å². The van der Waals surface area contributed by atoms with Crippen molar-refractivity contribution in [1.82, 2.24) is 14.7 Å². The van der Waals surface area contributed by atoms with Gasteiger partial charge in [-0.15, -0.1) is 0 Å². The fourth-order valence-corrected chi connectivity index (χ4v) is 4.77. The van der Waals surface area contributed by atoms with Gasteiger partial charge in [0.25, 0.3) is 11.5 Å². The number of rotatable bonds is 6. The number of carbonyl (C=O) groups excluding carboxylic acids is 1. The summed E-state index contributed by atoms with van der Waals surface area (Å²) in [4.78, 5) is 28.6. The van der Waals surface area contributed by atoms with Crippen LogP contribution in [0.1, 0.15) is 23.2 Å². The van der Waals surface area contributed by atoms with Crippen LogP contribution in [0.2, 0.25) is 10.0 Å². The van der Waals surface area contributed by atoms with Crippen molar-refractivity contribution in [3.63, 3.8) is 0 Å². The molecule has 0 unspecified atom stereocenters. The minimum Gasteiger partial charge on any atom is -0.454 e. The van der Waals surface area contributed by atoms with E-state index in [-0.39, 0.29) is 29.2 Å². The first kappa shape index (κ1) is 25.1. The smallest absolute Gasteiger partial charge is 0.299 e. The average Bonchev–Trinajstić information content (AvgIpc) is 3.65. The van der Waals surface area contributed by atoms with Gasteiger partial charge < -0.3 is 24.4 Å². The molecular formula is C28H22Cl2N4O5. The Labute approximate surface area is 233 Å². The summed E-state index contributed by atoms with van der Waals surface area (Å²) in [6.45, 7) is 1.60. The lowest BCUT2D eigenvalue weighted by Gasteiger charge is -2.17. The van der Waals surface area contributed by atoms with Gasteiger partial charge in [-0.05, 0) is 61.4 Å². The van der Waals surface area contributed by atoms with E-state index in [4.69, 9.17) is 37.4 Å². The van der Waals surface area contributed by atoms with Crippen LogP contribution in [0.3, 0.4) is 0 Å². The standard InChI is InChI=1S/C28H22Cl2N4O5/c29-21-8-6-19(13-22(21)30)34-28(36)26(25(15-31-34)39-20-7-9-23-24(14-20)38-16-37-23)32-18-5-3-4-17(12-18)27(35)33-10-1-2-11-33/h3-9,12-15,32H,1-2,10-11,16H2. The summed E-state index contributed by atoms with van der Waals surface area (Å²) in [5.74, 6) is 1.69. The van der Waals surface area contributed by atoms with Gasteiger partial charge in [0.05, 0.1) is 21.9 Å². The number of aromatic nitrogens is 2. The molecule has 39 heavy (non-hydrogen) atoms. The molecule has 0 atom stereocenters. The number of fused-ring (bicyclic) bond motifs is 1. The highest BCUT2D eigenvalue weighted by Gasteiger charge is 2.21. The van der Waals surface area contributed by atoms with Crippen LogP contribution in [0.25, 0.3) is 5.69 Å². The van der Waals surface area contributed by atoms with E-state index < -0.39 is 5.56 Å². The van der Waals surface area contributed by atoms with Crippen LogP contribution in [0.4, 0.5) is 11.4 Å². The van der Waals surface area contributed by atoms with Gasteiger partial charge in [-0.1, -0.05) is 29.3 Å². The first-order valence-corrected chi connectivity index (χ1v) is 13.0. The van der Waals surface area contributed by atoms with E-state index in [0.29, 0.717) is 39.2 Å². The number of anilines is 2. The largest absolute Gasteiger partial charge is 0.454 e. The number of hydrogen-bond donors (Lipinski definition) is 1. The van der Waals surface area contributed by atoms with Gasteiger partial charge in [-0.3, -0.25) is 9.59 Å². The lowest BCUT2D eigenvalue weighted by molar-refractivity contribution is 0.0793. The van der Waals surface area contributed by atoms with Gasteiger partial charge in [0.2, 0.25) is 6.79 Å². The molecule has 1 N–H and O–H groups in total. The van der Waals surface area contributed by atoms with Crippen molar-refractivity contribution in [3.8, 4) is 28.7 Å². The van der Waals surface area contributed by atoms with Crippen molar-refractivity contribution in [2.75, 3.05) is 25.2 Å². The number of nitrogens with one attached hydrogen (secondary N) is 1. The van der Waals surface area contributed by atoms with Gasteiger partial charge in [0.1, 0.15) is 5.75 Å². The first-order chi connectivity index (χ1) is 19.0. The van der Waals surface area contributed by atoms with Gasteiger partial charge in [-0.25, -0.2) is 0 Å². The molecule has 1 amide bonds. The third-order valence-electron chi connectivity index (χ3n) is 6.43. The van der Waals surface area contributed by atoms with Crippen molar-refractivity contribution >= 4 is 40.5 Å². The molecule has 0 bridgehead atoms. The molecule has 11 heteroatoms. The van der Waals surface area contributed by atoms with Crippen LogP contribution in [0.15, 0.2) is 71.7 Å². The molecule has 198 valence electrons. The number of carbonyl (C=O) groups is 1. The summed E-state index contributed by atoms with van der Waals surface area (Å²) in [7, 11) is 0. The number of hydrogen-bond acceptors (Lipinski definition) is 7. The fraction of sp³-hybridized carbons (Fsp3) is 0.179. The summed E-state index contributed by atoms with van der Waals surface area (Å²) >= 11 is 12.3. The Hall–Kier alpha value is -4.21. The van der Waals surface area contributed by atoms with Crippen molar-refractivity contribution in [1.29, 1.82) is 0 Å². The zero-order chi connectivity index (χ0) is 26.9. The molecule has 3 heterocycles. The average molecular weight is 565 g/mol. The molecular weight excluding hydrogens is 543 g/mol. The van der Waals surface area contributed by atoms with Crippen molar-refractivity contribution < 1.29 is 19.0 Å². The van der Waals surface area contributed by atoms with Crippen LogP contribution in [-0.4, -0.2) is 40.5 Å². The molecule has 0 aliphatic carbocycles. The van der Waals surface area contributed by atoms with Crippen LogP contribution < -0.4 is 25.1 Å². The van der Waals surface area contributed by atoms with Gasteiger partial charge in [0.15, 0.2) is 22.9 Å². The normalized spacial score (nSPS) is 13.9. The molecule has 2 aliphatic heterocycles. The summed E-state index contributed by atoms with van der Waals surface area (Å²) in [6.07, 6.45) is 3.42. The second-order valence-corrected chi connectivity index (χ2v) is 9.84. The van der Waals surface area contributed by atoms with Gasteiger partial charge >= 0.3 is 0 Å². The van der Waals surface area contributed by atoms with Crippen LogP contribution in [0, 0.1) is 0 Å². The molecule has 1 fully saturated rings. The first-order valence-electron chi connectivity index (χ1n) is 12.3. The van der Waals surface area contributed by atoms with Crippen LogP contribution >= 0.6 is 23.2 Å². The Kier molecular flexibility index (Phi) is 6.76. The van der Waals surface area contributed by atoms with Crippen LogP contribution in [-0.2, 0) is 0 Å². The number of halogens is 2. The van der Waals surface area contributed by atoms with Crippen molar-refractivity contribution in [3.05, 3.63) is 92.8 Å². The maximum Gasteiger partial charge on any atom is 0.299 e. The summed E-state index contributed by atoms with van der Waals surface area (Å²) in [5, 5.41) is 8.10.